The molecular weight excluding hydrogens is 392 g/mol. The molecule has 7 heteroatoms. The summed E-state index contributed by atoms with van der Waals surface area (Å²) < 4.78 is 10.7. The third-order valence-corrected chi connectivity index (χ3v) is 6.01. The number of carbonyl (C=O) groups excluding carboxylic acids is 1. The van der Waals surface area contributed by atoms with Gasteiger partial charge in [0.1, 0.15) is 5.75 Å². The maximum Gasteiger partial charge on any atom is 0.259 e. The number of fused-ring (bicyclic) bond motifs is 1. The van der Waals surface area contributed by atoms with E-state index in [1.165, 1.54) is 18.4 Å². The Morgan fingerprint density at radius 3 is 2.58 bits per heavy atom. The van der Waals surface area contributed by atoms with Crippen molar-refractivity contribution in [3.05, 3.63) is 52.8 Å². The monoisotopic (exact) mass is 422 g/mol. The number of methoxy groups -OCH3 is 1. The van der Waals surface area contributed by atoms with Crippen molar-refractivity contribution in [1.29, 1.82) is 0 Å². The van der Waals surface area contributed by atoms with Crippen molar-refractivity contribution in [3.8, 4) is 5.75 Å². The van der Waals surface area contributed by atoms with Gasteiger partial charge in [-0.2, -0.15) is 0 Å². The van der Waals surface area contributed by atoms with Crippen LogP contribution in [0.1, 0.15) is 66.0 Å². The van der Waals surface area contributed by atoms with Gasteiger partial charge >= 0.3 is 0 Å². The zero-order chi connectivity index (χ0) is 22.0. The van der Waals surface area contributed by atoms with E-state index in [0.717, 1.165) is 24.5 Å². The molecule has 7 nitrogen and oxygen atoms in total. The summed E-state index contributed by atoms with van der Waals surface area (Å²) in [4.78, 5) is 20.3. The molecule has 3 heterocycles. The second-order valence-corrected chi connectivity index (χ2v) is 8.44. The van der Waals surface area contributed by atoms with Crippen LogP contribution in [0.5, 0.6) is 5.75 Å². The summed E-state index contributed by atoms with van der Waals surface area (Å²) in [6, 6.07) is 10.1. The molecule has 0 radical (unpaired) electrons. The molecule has 164 valence electrons. The first kappa shape index (κ1) is 21.3. The van der Waals surface area contributed by atoms with Gasteiger partial charge in [0, 0.05) is 12.2 Å². The van der Waals surface area contributed by atoms with Gasteiger partial charge in [0.25, 0.3) is 11.6 Å². The highest BCUT2D eigenvalue weighted by molar-refractivity contribution is 6.06. The van der Waals surface area contributed by atoms with Gasteiger partial charge in [-0.3, -0.25) is 9.69 Å². The van der Waals surface area contributed by atoms with Crippen LogP contribution in [0.15, 0.2) is 34.9 Å². The Labute approximate surface area is 182 Å². The van der Waals surface area contributed by atoms with Crippen LogP contribution in [0.25, 0.3) is 11.1 Å². The molecule has 1 saturated heterocycles. The van der Waals surface area contributed by atoms with E-state index in [1.54, 1.807) is 7.11 Å². The van der Waals surface area contributed by atoms with Crippen LogP contribution in [-0.2, 0) is 0 Å². The first-order valence-corrected chi connectivity index (χ1v) is 10.9. The van der Waals surface area contributed by atoms with Crippen molar-refractivity contribution in [1.82, 2.24) is 20.4 Å². The fourth-order valence-electron chi connectivity index (χ4n) is 4.21. The van der Waals surface area contributed by atoms with Crippen LogP contribution in [0.3, 0.4) is 0 Å². The molecule has 2 aromatic heterocycles. The Morgan fingerprint density at radius 2 is 1.94 bits per heavy atom. The number of rotatable bonds is 7. The maximum atomic E-state index is 13.3. The zero-order valence-electron chi connectivity index (χ0n) is 18.6. The quantitative estimate of drug-likeness (QED) is 0.614. The number of aryl methyl sites for hydroxylation is 1. The third kappa shape index (κ3) is 4.42. The van der Waals surface area contributed by atoms with Crippen molar-refractivity contribution in [2.75, 3.05) is 26.7 Å². The molecule has 1 atom stereocenters. The van der Waals surface area contributed by atoms with Crippen LogP contribution >= 0.6 is 0 Å². The van der Waals surface area contributed by atoms with Crippen LogP contribution in [-0.4, -0.2) is 47.7 Å². The summed E-state index contributed by atoms with van der Waals surface area (Å²) in [6.07, 6.45) is 2.37. The second kappa shape index (κ2) is 9.06. The molecule has 0 spiro atoms. The van der Waals surface area contributed by atoms with Gasteiger partial charge in [-0.25, -0.2) is 4.98 Å². The normalized spacial score (nSPS) is 15.5. The number of hydrogen-bond acceptors (Lipinski definition) is 6. The fourth-order valence-corrected chi connectivity index (χ4v) is 4.21. The molecule has 0 saturated carbocycles. The molecular formula is C24H30N4O3. The standard InChI is InChI=1S/C24H30N4O3/c1-15(2)20-13-19(22-16(3)27-31-24(22)26-20)23(29)25-14-21(28-11-5-6-12-28)17-7-9-18(30-4)10-8-17/h7-10,13,15,21H,5-6,11-12,14H2,1-4H3,(H,25,29). The highest BCUT2D eigenvalue weighted by atomic mass is 16.5. The van der Waals surface area contributed by atoms with Crippen LogP contribution in [0.2, 0.25) is 0 Å². The lowest BCUT2D eigenvalue weighted by Crippen LogP contribution is -2.37. The smallest absolute Gasteiger partial charge is 0.259 e. The Hall–Kier alpha value is -2.93. The van der Waals surface area contributed by atoms with Crippen molar-refractivity contribution in [3.63, 3.8) is 0 Å². The van der Waals surface area contributed by atoms with Gasteiger partial charge < -0.3 is 14.6 Å². The number of benzene rings is 1. The molecule has 3 aromatic rings. The number of likely N-dealkylation sites (tertiary alicyclic amines) is 1. The number of amides is 1. The first-order valence-electron chi connectivity index (χ1n) is 10.9. The number of nitrogens with zero attached hydrogens (tertiary/aromatic N) is 3. The largest absolute Gasteiger partial charge is 0.497 e. The molecule has 0 aliphatic carbocycles. The van der Waals surface area contributed by atoms with E-state index in [9.17, 15) is 4.79 Å². The molecule has 1 aliphatic rings. The zero-order valence-corrected chi connectivity index (χ0v) is 18.6. The number of nitrogens with one attached hydrogen (secondary N) is 1. The summed E-state index contributed by atoms with van der Waals surface area (Å²) >= 11 is 0. The Morgan fingerprint density at radius 1 is 1.23 bits per heavy atom. The van der Waals surface area contributed by atoms with Gasteiger partial charge in [-0.05, 0) is 62.5 Å². The van der Waals surface area contributed by atoms with Gasteiger partial charge in [0.05, 0.1) is 29.8 Å². The minimum Gasteiger partial charge on any atom is -0.497 e. The summed E-state index contributed by atoms with van der Waals surface area (Å²) in [7, 11) is 1.67. The number of pyridine rings is 1. The minimum atomic E-state index is -0.127. The van der Waals surface area contributed by atoms with E-state index >= 15 is 0 Å². The lowest BCUT2D eigenvalue weighted by molar-refractivity contribution is 0.0939. The van der Waals surface area contributed by atoms with Crippen molar-refractivity contribution in [2.24, 2.45) is 0 Å². The SMILES string of the molecule is COc1ccc(C(CNC(=O)c2cc(C(C)C)nc3onc(C)c23)N2CCCC2)cc1. The molecule has 1 aromatic carbocycles. The van der Waals surface area contributed by atoms with E-state index < -0.39 is 0 Å². The fraction of sp³-hybridized carbons (Fsp3) is 0.458. The lowest BCUT2D eigenvalue weighted by Gasteiger charge is -2.28. The van der Waals surface area contributed by atoms with E-state index in [1.807, 2.05) is 39.0 Å². The predicted molar refractivity (Wildman–Crippen MR) is 120 cm³/mol. The van der Waals surface area contributed by atoms with Gasteiger partial charge in [0.2, 0.25) is 0 Å². The van der Waals surface area contributed by atoms with E-state index in [0.29, 0.717) is 28.9 Å². The second-order valence-electron chi connectivity index (χ2n) is 8.44. The van der Waals surface area contributed by atoms with Gasteiger partial charge in [0.15, 0.2) is 0 Å². The summed E-state index contributed by atoms with van der Waals surface area (Å²) in [6.45, 7) is 8.53. The van der Waals surface area contributed by atoms with Crippen molar-refractivity contribution < 1.29 is 14.1 Å². The van der Waals surface area contributed by atoms with Crippen LogP contribution < -0.4 is 10.1 Å². The van der Waals surface area contributed by atoms with E-state index in [2.05, 4.69) is 32.5 Å². The topological polar surface area (TPSA) is 80.5 Å². The highest BCUT2D eigenvalue weighted by Gasteiger charge is 2.25. The summed E-state index contributed by atoms with van der Waals surface area (Å²) in [5.41, 5.74) is 3.66. The number of hydrogen-bond donors (Lipinski definition) is 1. The minimum absolute atomic E-state index is 0.114. The molecule has 1 fully saturated rings. The van der Waals surface area contributed by atoms with Gasteiger partial charge in [-0.1, -0.05) is 31.1 Å². The van der Waals surface area contributed by atoms with Crippen molar-refractivity contribution in [2.45, 2.75) is 45.6 Å². The molecule has 1 N–H and O–H groups in total. The summed E-state index contributed by atoms with van der Waals surface area (Å²) in [5, 5.41) is 7.88. The molecule has 1 aliphatic heterocycles. The average Bonchev–Trinajstić information content (AvgIpc) is 3.44. The number of aromatic nitrogens is 2. The van der Waals surface area contributed by atoms with E-state index in [4.69, 9.17) is 9.26 Å². The Bertz CT molecular complexity index is 1050. The average molecular weight is 423 g/mol. The molecule has 31 heavy (non-hydrogen) atoms. The van der Waals surface area contributed by atoms with Crippen LogP contribution in [0, 0.1) is 6.92 Å². The Balaban J connectivity index is 1.60. The lowest BCUT2D eigenvalue weighted by atomic mass is 10.0. The van der Waals surface area contributed by atoms with Gasteiger partial charge in [-0.15, -0.1) is 0 Å². The molecule has 1 amide bonds. The third-order valence-electron chi connectivity index (χ3n) is 6.01. The predicted octanol–water partition coefficient (Wildman–Crippen LogP) is 4.23. The van der Waals surface area contributed by atoms with Crippen molar-refractivity contribution >= 4 is 17.0 Å². The number of ether oxygens (including phenoxy) is 1. The van der Waals surface area contributed by atoms with E-state index in [-0.39, 0.29) is 17.9 Å². The first-order chi connectivity index (χ1) is 15.0. The maximum absolute atomic E-state index is 13.3. The number of carbonyl (C=O) groups is 1. The summed E-state index contributed by atoms with van der Waals surface area (Å²) in [5.74, 6) is 0.882. The molecule has 1 unspecified atom stereocenters. The highest BCUT2D eigenvalue weighted by Crippen LogP contribution is 2.28. The molecule has 4 rings (SSSR count). The molecule has 0 bridgehead atoms. The van der Waals surface area contributed by atoms with Crippen LogP contribution in [0.4, 0.5) is 0 Å². The Kier molecular flexibility index (Phi) is 6.23.